The fourth-order valence-electron chi connectivity index (χ4n) is 2.88. The third-order valence-corrected chi connectivity index (χ3v) is 5.73. The summed E-state index contributed by atoms with van der Waals surface area (Å²) in [5.74, 6) is 0.680. The molecule has 1 aromatic rings. The molecule has 1 atom stereocenters. The fourth-order valence-corrected chi connectivity index (χ4v) is 3.84. The summed E-state index contributed by atoms with van der Waals surface area (Å²) < 4.78 is 0. The summed E-state index contributed by atoms with van der Waals surface area (Å²) in [7, 11) is 0. The van der Waals surface area contributed by atoms with E-state index in [0.717, 1.165) is 37.9 Å². The van der Waals surface area contributed by atoms with Crippen LogP contribution in [0, 0.1) is 0 Å². The number of anilines is 1. The van der Waals surface area contributed by atoms with Crippen LogP contribution in [0.2, 0.25) is 0 Å². The van der Waals surface area contributed by atoms with E-state index in [1.54, 1.807) is 30.2 Å². The topological polar surface area (TPSA) is 75.1 Å². The van der Waals surface area contributed by atoms with Crippen LogP contribution in [0.4, 0.5) is 5.95 Å². The van der Waals surface area contributed by atoms with Gasteiger partial charge in [0.15, 0.2) is 0 Å². The van der Waals surface area contributed by atoms with Gasteiger partial charge in [-0.1, -0.05) is 46.6 Å². The molecule has 0 radical (unpaired) electrons. The van der Waals surface area contributed by atoms with Crippen molar-refractivity contribution in [3.8, 4) is 0 Å². The average molecular weight is 458 g/mol. The zero-order valence-electron chi connectivity index (χ0n) is 20.2. The molecule has 32 heavy (non-hydrogen) atoms. The van der Waals surface area contributed by atoms with Crippen molar-refractivity contribution in [3.63, 3.8) is 0 Å². The van der Waals surface area contributed by atoms with Gasteiger partial charge in [-0.3, -0.25) is 0 Å². The Labute approximate surface area is 198 Å². The first kappa shape index (κ1) is 27.7. The highest BCUT2D eigenvalue weighted by Gasteiger charge is 2.17. The van der Waals surface area contributed by atoms with Gasteiger partial charge in [-0.15, -0.1) is 0 Å². The Kier molecular flexibility index (Phi) is 14.1. The molecule has 0 spiro atoms. The third kappa shape index (κ3) is 13.9. The number of carboxylic acids is 1. The molecule has 0 amide bonds. The van der Waals surface area contributed by atoms with E-state index in [2.05, 4.69) is 74.2 Å². The highest BCUT2D eigenvalue weighted by Crippen LogP contribution is 2.17. The van der Waals surface area contributed by atoms with Gasteiger partial charge in [0.1, 0.15) is 6.04 Å². The van der Waals surface area contributed by atoms with Crippen molar-refractivity contribution in [2.75, 3.05) is 16.8 Å². The Morgan fingerprint density at radius 3 is 2.28 bits per heavy atom. The van der Waals surface area contributed by atoms with Gasteiger partial charge in [0.05, 0.1) is 0 Å². The Hall–Kier alpha value is -2.34. The van der Waals surface area contributed by atoms with E-state index in [1.807, 2.05) is 0 Å². The van der Waals surface area contributed by atoms with Crippen LogP contribution in [0.25, 0.3) is 0 Å². The van der Waals surface area contributed by atoms with Crippen LogP contribution in [0.1, 0.15) is 66.7 Å². The number of nitrogens with one attached hydrogen (secondary N) is 1. The molecule has 0 aliphatic heterocycles. The van der Waals surface area contributed by atoms with Gasteiger partial charge in [-0.2, -0.15) is 11.8 Å². The maximum atomic E-state index is 11.6. The molecule has 2 N–H and O–H groups in total. The first-order chi connectivity index (χ1) is 15.3. The van der Waals surface area contributed by atoms with E-state index in [-0.39, 0.29) is 0 Å². The second kappa shape index (κ2) is 16.3. The van der Waals surface area contributed by atoms with E-state index in [1.165, 1.54) is 22.3 Å². The molecule has 1 aromatic heterocycles. The van der Waals surface area contributed by atoms with Crippen LogP contribution in [-0.2, 0) is 4.79 Å². The van der Waals surface area contributed by atoms with Crippen molar-refractivity contribution >= 4 is 23.7 Å². The number of aliphatic carboxylic acids is 1. The van der Waals surface area contributed by atoms with Gasteiger partial charge < -0.3 is 10.4 Å². The lowest BCUT2D eigenvalue weighted by atomic mass is 10.0. The van der Waals surface area contributed by atoms with E-state index in [4.69, 9.17) is 0 Å². The Bertz CT molecular complexity index is 806. The Balaban J connectivity index is 2.58. The van der Waals surface area contributed by atoms with Crippen LogP contribution in [-0.4, -0.2) is 38.6 Å². The lowest BCUT2D eigenvalue weighted by Gasteiger charge is -2.13. The van der Waals surface area contributed by atoms with Crippen molar-refractivity contribution in [1.82, 2.24) is 9.97 Å². The molecule has 5 nitrogen and oxygen atoms in total. The van der Waals surface area contributed by atoms with Gasteiger partial charge in [-0.05, 0) is 72.8 Å². The third-order valence-electron chi connectivity index (χ3n) is 4.76. The normalized spacial score (nSPS) is 12.8. The minimum absolute atomic E-state index is 0.340. The second-order valence-corrected chi connectivity index (χ2v) is 9.48. The molecular weight excluding hydrogens is 418 g/mol. The summed E-state index contributed by atoms with van der Waals surface area (Å²) >= 11 is 1.61. The maximum absolute atomic E-state index is 11.6. The average Bonchev–Trinajstić information content (AvgIpc) is 2.73. The first-order valence-electron chi connectivity index (χ1n) is 11.2. The van der Waals surface area contributed by atoms with E-state index < -0.39 is 12.0 Å². The summed E-state index contributed by atoms with van der Waals surface area (Å²) in [6.07, 6.45) is 17.6. The van der Waals surface area contributed by atoms with Crippen LogP contribution >= 0.6 is 11.8 Å². The molecule has 0 aromatic carbocycles. The number of allylic oxidation sites excluding steroid dienone is 7. The van der Waals surface area contributed by atoms with Crippen molar-refractivity contribution < 1.29 is 9.90 Å². The van der Waals surface area contributed by atoms with Gasteiger partial charge in [0, 0.05) is 23.9 Å². The standard InChI is InChI=1S/C26H39N3O2S/c1-20(2)9-6-10-22(5)11-7-12-23(14-13-21(3)4)15-18-32-19-24(25(30)31)29-26-27-16-8-17-28-26/h8-9,11,13,15-17,24H,6-7,10,12,14,18-19H2,1-5H3,(H,30,31)(H,27,28,29). The lowest BCUT2D eigenvalue weighted by molar-refractivity contribution is -0.137. The summed E-state index contributed by atoms with van der Waals surface area (Å²) in [6.45, 7) is 10.7. The SMILES string of the molecule is CC(C)=CCCC(C)=CCCC(=CCSCC(Nc1ncccn1)C(=O)O)CC=C(C)C. The summed E-state index contributed by atoms with van der Waals surface area (Å²) in [5.41, 5.74) is 5.53. The fraction of sp³-hybridized carbons (Fsp3) is 0.500. The zero-order chi connectivity index (χ0) is 23.8. The lowest BCUT2D eigenvalue weighted by Crippen LogP contribution is -2.32. The quantitative estimate of drug-likeness (QED) is 0.222. The molecule has 1 unspecified atom stereocenters. The number of hydrogen-bond acceptors (Lipinski definition) is 5. The Morgan fingerprint density at radius 1 is 1.00 bits per heavy atom. The van der Waals surface area contributed by atoms with Gasteiger partial charge in [-0.25, -0.2) is 14.8 Å². The zero-order valence-corrected chi connectivity index (χ0v) is 21.0. The van der Waals surface area contributed by atoms with E-state index >= 15 is 0 Å². The molecule has 0 aliphatic carbocycles. The predicted octanol–water partition coefficient (Wildman–Crippen LogP) is 6.83. The smallest absolute Gasteiger partial charge is 0.327 e. The van der Waals surface area contributed by atoms with Gasteiger partial charge in [0.25, 0.3) is 0 Å². The van der Waals surface area contributed by atoms with Crippen LogP contribution in [0.3, 0.4) is 0 Å². The summed E-state index contributed by atoms with van der Waals surface area (Å²) in [5, 5.41) is 12.4. The molecule has 0 saturated heterocycles. The number of carboxylic acid groups (broad SMARTS) is 1. The monoisotopic (exact) mass is 457 g/mol. The minimum Gasteiger partial charge on any atom is -0.480 e. The van der Waals surface area contributed by atoms with E-state index in [0.29, 0.717) is 11.7 Å². The molecule has 1 rings (SSSR count). The molecule has 176 valence electrons. The number of nitrogens with zero attached hydrogens (tertiary/aromatic N) is 2. The number of carbonyl (C=O) groups is 1. The summed E-state index contributed by atoms with van der Waals surface area (Å²) in [4.78, 5) is 19.7. The summed E-state index contributed by atoms with van der Waals surface area (Å²) in [6, 6.07) is 0.984. The molecular formula is C26H39N3O2S. The number of thioether (sulfide) groups is 1. The molecule has 0 saturated carbocycles. The number of aromatic nitrogens is 2. The molecule has 0 fully saturated rings. The molecule has 6 heteroatoms. The van der Waals surface area contributed by atoms with Crippen LogP contribution in [0.5, 0.6) is 0 Å². The van der Waals surface area contributed by atoms with Crippen molar-refractivity contribution in [3.05, 3.63) is 65.1 Å². The van der Waals surface area contributed by atoms with Crippen molar-refractivity contribution in [1.29, 1.82) is 0 Å². The second-order valence-electron chi connectivity index (χ2n) is 8.40. The van der Waals surface area contributed by atoms with Gasteiger partial charge in [0.2, 0.25) is 5.95 Å². The number of rotatable bonds is 15. The Morgan fingerprint density at radius 2 is 1.66 bits per heavy atom. The van der Waals surface area contributed by atoms with Gasteiger partial charge >= 0.3 is 5.97 Å². The highest BCUT2D eigenvalue weighted by atomic mass is 32.2. The van der Waals surface area contributed by atoms with Crippen molar-refractivity contribution in [2.24, 2.45) is 0 Å². The van der Waals surface area contributed by atoms with Crippen molar-refractivity contribution in [2.45, 2.75) is 72.8 Å². The van der Waals surface area contributed by atoms with Crippen LogP contribution < -0.4 is 5.32 Å². The maximum Gasteiger partial charge on any atom is 0.327 e. The van der Waals surface area contributed by atoms with Crippen LogP contribution in [0.15, 0.2) is 65.1 Å². The molecule has 0 aliphatic rings. The highest BCUT2D eigenvalue weighted by molar-refractivity contribution is 7.99. The first-order valence-corrected chi connectivity index (χ1v) is 12.4. The molecule has 1 heterocycles. The largest absolute Gasteiger partial charge is 0.480 e. The molecule has 0 bridgehead atoms. The number of hydrogen-bond donors (Lipinski definition) is 2. The van der Waals surface area contributed by atoms with E-state index in [9.17, 15) is 9.90 Å². The minimum atomic E-state index is -0.896. The predicted molar refractivity (Wildman–Crippen MR) is 138 cm³/mol.